The first-order valence-corrected chi connectivity index (χ1v) is 4.39. The molecule has 1 aromatic rings. The molecule has 0 unspecified atom stereocenters. The van der Waals surface area contributed by atoms with Gasteiger partial charge in [0.2, 0.25) is 0 Å². The summed E-state index contributed by atoms with van der Waals surface area (Å²) in [5, 5.41) is 8.37. The minimum absolute atomic E-state index is 0.112. The number of hydrogen-bond acceptors (Lipinski definition) is 2. The average Bonchev–Trinajstić information content (AvgIpc) is 2.03. The predicted octanol–water partition coefficient (Wildman–Crippen LogP) is 1.49. The van der Waals surface area contributed by atoms with Crippen molar-refractivity contribution in [3.8, 4) is 0 Å². The van der Waals surface area contributed by atoms with E-state index in [0.29, 0.717) is 0 Å². The van der Waals surface area contributed by atoms with Gasteiger partial charge in [0.1, 0.15) is 0 Å². The molecule has 78 valence electrons. The number of carbonyl (C=O) groups is 1. The highest BCUT2D eigenvalue weighted by molar-refractivity contribution is 5.70. The van der Waals surface area contributed by atoms with Gasteiger partial charge in [-0.25, -0.2) is 0 Å². The van der Waals surface area contributed by atoms with Crippen molar-refractivity contribution in [2.45, 2.75) is 6.42 Å². The van der Waals surface area contributed by atoms with Gasteiger partial charge in [0, 0.05) is 0 Å². The molecule has 0 amide bonds. The van der Waals surface area contributed by atoms with Crippen molar-refractivity contribution in [2.24, 2.45) is 0 Å². The van der Waals surface area contributed by atoms with Crippen LogP contribution in [0.3, 0.4) is 0 Å². The van der Waals surface area contributed by atoms with Crippen LogP contribution in [0.2, 0.25) is 0 Å². The van der Waals surface area contributed by atoms with E-state index in [1.807, 2.05) is 44.2 Å². The van der Waals surface area contributed by atoms with Gasteiger partial charge in [-0.15, -0.1) is 0 Å². The highest BCUT2D eigenvalue weighted by Crippen LogP contribution is 1.98. The van der Waals surface area contributed by atoms with Crippen LogP contribution in [0.1, 0.15) is 5.56 Å². The highest BCUT2D eigenvalue weighted by Gasteiger charge is 1.96. The lowest BCUT2D eigenvalue weighted by Crippen LogP contribution is -1.99. The number of carboxylic acids is 1. The van der Waals surface area contributed by atoms with E-state index in [1.165, 1.54) is 0 Å². The Morgan fingerprint density at radius 2 is 1.64 bits per heavy atom. The van der Waals surface area contributed by atoms with Crippen LogP contribution < -0.4 is 0 Å². The predicted molar refractivity (Wildman–Crippen MR) is 57.4 cm³/mol. The fourth-order valence-corrected chi connectivity index (χ4v) is 0.770. The molecule has 0 aliphatic heterocycles. The van der Waals surface area contributed by atoms with Crippen LogP contribution in [0, 0.1) is 0 Å². The van der Waals surface area contributed by atoms with Gasteiger partial charge in [-0.1, -0.05) is 30.3 Å². The molecule has 0 aromatic heterocycles. The van der Waals surface area contributed by atoms with Crippen LogP contribution in [0.25, 0.3) is 0 Å². The monoisotopic (exact) mass is 195 g/mol. The van der Waals surface area contributed by atoms with E-state index in [0.717, 1.165) is 5.56 Å². The summed E-state index contributed by atoms with van der Waals surface area (Å²) in [4.78, 5) is 12.2. The molecule has 3 heteroatoms. The van der Waals surface area contributed by atoms with E-state index >= 15 is 0 Å². The quantitative estimate of drug-likeness (QED) is 0.777. The maximum atomic E-state index is 10.2. The molecule has 1 N–H and O–H groups in total. The third-order valence-electron chi connectivity index (χ3n) is 1.20. The lowest BCUT2D eigenvalue weighted by Gasteiger charge is -1.92. The minimum atomic E-state index is -0.786. The molecule has 0 spiro atoms. The SMILES string of the molecule is CN(C)C.O=C(O)Cc1ccccc1. The van der Waals surface area contributed by atoms with E-state index < -0.39 is 5.97 Å². The highest BCUT2D eigenvalue weighted by atomic mass is 16.4. The lowest BCUT2D eigenvalue weighted by molar-refractivity contribution is -0.136. The number of aliphatic carboxylic acids is 1. The van der Waals surface area contributed by atoms with Crippen LogP contribution >= 0.6 is 0 Å². The van der Waals surface area contributed by atoms with Crippen LogP contribution in [0.15, 0.2) is 30.3 Å². The van der Waals surface area contributed by atoms with Gasteiger partial charge in [0.15, 0.2) is 0 Å². The fourth-order valence-electron chi connectivity index (χ4n) is 0.770. The second-order valence-electron chi connectivity index (χ2n) is 3.40. The molecule has 0 radical (unpaired) electrons. The smallest absolute Gasteiger partial charge is 0.307 e. The molecule has 0 aliphatic rings. The average molecular weight is 195 g/mol. The van der Waals surface area contributed by atoms with Crippen LogP contribution in [0.4, 0.5) is 0 Å². The summed E-state index contributed by atoms with van der Waals surface area (Å²) in [6.07, 6.45) is 0.112. The van der Waals surface area contributed by atoms with Gasteiger partial charge in [-0.2, -0.15) is 0 Å². The Labute approximate surface area is 85.0 Å². The number of rotatable bonds is 2. The Kier molecular flexibility index (Phi) is 6.41. The molecule has 0 saturated carbocycles. The third kappa shape index (κ3) is 8.74. The summed E-state index contributed by atoms with van der Waals surface area (Å²) < 4.78 is 0. The summed E-state index contributed by atoms with van der Waals surface area (Å²) in [6, 6.07) is 9.13. The number of nitrogens with zero attached hydrogens (tertiary/aromatic N) is 1. The number of carboxylic acid groups (broad SMARTS) is 1. The second-order valence-corrected chi connectivity index (χ2v) is 3.40. The minimum Gasteiger partial charge on any atom is -0.481 e. The summed E-state index contributed by atoms with van der Waals surface area (Å²) in [5.41, 5.74) is 0.843. The van der Waals surface area contributed by atoms with E-state index in [2.05, 4.69) is 0 Å². The molecule has 0 atom stereocenters. The number of hydrogen-bond donors (Lipinski definition) is 1. The Morgan fingerprint density at radius 3 is 2.00 bits per heavy atom. The Hall–Kier alpha value is -1.35. The summed E-state index contributed by atoms with van der Waals surface area (Å²) in [7, 11) is 6.00. The van der Waals surface area contributed by atoms with Crippen molar-refractivity contribution < 1.29 is 9.90 Å². The zero-order chi connectivity index (χ0) is 11.0. The van der Waals surface area contributed by atoms with Gasteiger partial charge >= 0.3 is 5.97 Å². The first-order valence-electron chi connectivity index (χ1n) is 4.39. The molecule has 0 fully saturated rings. The second kappa shape index (κ2) is 7.09. The van der Waals surface area contributed by atoms with Crippen molar-refractivity contribution in [1.29, 1.82) is 0 Å². The van der Waals surface area contributed by atoms with Gasteiger partial charge in [-0.05, 0) is 26.7 Å². The molecule has 0 bridgehead atoms. The molecule has 14 heavy (non-hydrogen) atoms. The topological polar surface area (TPSA) is 40.5 Å². The first kappa shape index (κ1) is 12.7. The van der Waals surface area contributed by atoms with Crippen LogP contribution in [-0.2, 0) is 11.2 Å². The van der Waals surface area contributed by atoms with Crippen molar-refractivity contribution >= 4 is 5.97 Å². The van der Waals surface area contributed by atoms with Crippen LogP contribution in [-0.4, -0.2) is 37.1 Å². The summed E-state index contributed by atoms with van der Waals surface area (Å²) in [6.45, 7) is 0. The largest absolute Gasteiger partial charge is 0.481 e. The van der Waals surface area contributed by atoms with Gasteiger partial charge in [0.05, 0.1) is 6.42 Å². The Morgan fingerprint density at radius 1 is 1.21 bits per heavy atom. The number of benzene rings is 1. The van der Waals surface area contributed by atoms with E-state index in [1.54, 1.807) is 12.1 Å². The normalized spacial score (nSPS) is 9.14. The van der Waals surface area contributed by atoms with Crippen LogP contribution in [0.5, 0.6) is 0 Å². The molecule has 0 saturated heterocycles. The Balaban J connectivity index is 0.000000364. The zero-order valence-electron chi connectivity index (χ0n) is 8.90. The summed E-state index contributed by atoms with van der Waals surface area (Å²) >= 11 is 0. The maximum Gasteiger partial charge on any atom is 0.307 e. The molecular weight excluding hydrogens is 178 g/mol. The molecular formula is C11H17NO2. The molecule has 3 nitrogen and oxygen atoms in total. The van der Waals surface area contributed by atoms with Crippen molar-refractivity contribution in [3.63, 3.8) is 0 Å². The third-order valence-corrected chi connectivity index (χ3v) is 1.20. The van der Waals surface area contributed by atoms with Crippen molar-refractivity contribution in [2.75, 3.05) is 21.1 Å². The maximum absolute atomic E-state index is 10.2. The molecule has 1 aromatic carbocycles. The van der Waals surface area contributed by atoms with Gasteiger partial charge < -0.3 is 10.0 Å². The van der Waals surface area contributed by atoms with E-state index in [4.69, 9.17) is 5.11 Å². The van der Waals surface area contributed by atoms with E-state index in [9.17, 15) is 4.79 Å². The standard InChI is InChI=1S/C8H8O2.C3H9N/c9-8(10)6-7-4-2-1-3-5-7;1-4(2)3/h1-5H,6H2,(H,9,10);1-3H3. The summed E-state index contributed by atoms with van der Waals surface area (Å²) in [5.74, 6) is -0.786. The molecule has 0 heterocycles. The zero-order valence-corrected chi connectivity index (χ0v) is 8.90. The van der Waals surface area contributed by atoms with Gasteiger partial charge in [0.25, 0.3) is 0 Å². The van der Waals surface area contributed by atoms with Crippen molar-refractivity contribution in [1.82, 2.24) is 4.90 Å². The van der Waals surface area contributed by atoms with Gasteiger partial charge in [-0.3, -0.25) is 4.79 Å². The molecule has 1 rings (SSSR count). The fraction of sp³-hybridized carbons (Fsp3) is 0.364. The Bertz CT molecular complexity index is 254. The molecule has 0 aliphatic carbocycles. The first-order chi connectivity index (χ1) is 6.52. The lowest BCUT2D eigenvalue weighted by atomic mass is 10.2. The van der Waals surface area contributed by atoms with E-state index in [-0.39, 0.29) is 6.42 Å². The van der Waals surface area contributed by atoms with Crippen molar-refractivity contribution in [3.05, 3.63) is 35.9 Å².